The second-order valence-corrected chi connectivity index (χ2v) is 11.0. The Morgan fingerprint density at radius 2 is 1.86 bits per heavy atom. The summed E-state index contributed by atoms with van der Waals surface area (Å²) in [6.45, 7) is 6.10. The molecule has 3 saturated heterocycles. The monoisotopic (exact) mass is 515 g/mol. The molecule has 3 fully saturated rings. The van der Waals surface area contributed by atoms with Gasteiger partial charge in [0.05, 0.1) is 30.4 Å². The fourth-order valence-electron chi connectivity index (χ4n) is 5.55. The molecule has 0 bridgehead atoms. The normalized spacial score (nSPS) is 19.8. The lowest BCUT2D eigenvalue weighted by Crippen LogP contribution is -2.58. The van der Waals surface area contributed by atoms with E-state index in [2.05, 4.69) is 20.2 Å². The van der Waals surface area contributed by atoms with E-state index >= 15 is 0 Å². The fourth-order valence-corrected chi connectivity index (χ4v) is 5.65. The standard InChI is InChI=1S/C27H35ClFN5O2/c28-22-16-31-26(32-17-22)34-9-5-20(6-10-34)2-1-13-36-23-4-3-21(24(29)15-23)14-25(35)33-11-7-27(8-12-33)18-30-19-27/h3-4,15-17,20,30H,1-2,5-14,18-19H2. The van der Waals surface area contributed by atoms with Crippen molar-refractivity contribution in [2.45, 2.75) is 44.9 Å². The minimum atomic E-state index is -0.366. The molecule has 1 N–H and O–H groups in total. The zero-order valence-corrected chi connectivity index (χ0v) is 21.5. The van der Waals surface area contributed by atoms with Crippen molar-refractivity contribution in [1.29, 1.82) is 0 Å². The maximum absolute atomic E-state index is 14.7. The topological polar surface area (TPSA) is 70.6 Å². The molecule has 1 amide bonds. The van der Waals surface area contributed by atoms with E-state index in [-0.39, 0.29) is 18.1 Å². The molecule has 36 heavy (non-hydrogen) atoms. The summed E-state index contributed by atoms with van der Waals surface area (Å²) in [5.41, 5.74) is 0.833. The lowest BCUT2D eigenvalue weighted by atomic mass is 9.73. The van der Waals surface area contributed by atoms with Crippen LogP contribution in [0.15, 0.2) is 30.6 Å². The number of amides is 1. The highest BCUT2D eigenvalue weighted by Crippen LogP contribution is 2.35. The number of carbonyl (C=O) groups is 1. The third-order valence-corrected chi connectivity index (χ3v) is 8.27. The van der Waals surface area contributed by atoms with Crippen LogP contribution in [0, 0.1) is 17.2 Å². The summed E-state index contributed by atoms with van der Waals surface area (Å²) in [6, 6.07) is 4.89. The van der Waals surface area contributed by atoms with Crippen molar-refractivity contribution < 1.29 is 13.9 Å². The highest BCUT2D eigenvalue weighted by atomic mass is 35.5. The average molecular weight is 516 g/mol. The van der Waals surface area contributed by atoms with Crippen LogP contribution in [0.3, 0.4) is 0 Å². The van der Waals surface area contributed by atoms with Crippen molar-refractivity contribution in [3.05, 3.63) is 47.0 Å². The highest BCUT2D eigenvalue weighted by molar-refractivity contribution is 6.30. The van der Waals surface area contributed by atoms with Gasteiger partial charge in [-0.1, -0.05) is 17.7 Å². The molecule has 5 rings (SSSR count). The molecule has 7 nitrogen and oxygen atoms in total. The van der Waals surface area contributed by atoms with E-state index in [1.165, 1.54) is 6.07 Å². The number of benzene rings is 1. The molecule has 4 heterocycles. The quantitative estimate of drug-likeness (QED) is 0.534. The first kappa shape index (κ1) is 25.2. The van der Waals surface area contributed by atoms with Gasteiger partial charge in [0.15, 0.2) is 0 Å². The Balaban J connectivity index is 1.00. The molecule has 3 aliphatic rings. The Morgan fingerprint density at radius 3 is 2.50 bits per heavy atom. The summed E-state index contributed by atoms with van der Waals surface area (Å²) in [6.07, 6.45) is 9.66. The smallest absolute Gasteiger partial charge is 0.227 e. The predicted molar refractivity (Wildman–Crippen MR) is 138 cm³/mol. The van der Waals surface area contributed by atoms with Crippen molar-refractivity contribution in [3.8, 4) is 5.75 Å². The van der Waals surface area contributed by atoms with E-state index in [1.807, 2.05) is 4.90 Å². The van der Waals surface area contributed by atoms with Crippen LogP contribution < -0.4 is 15.0 Å². The lowest BCUT2D eigenvalue weighted by molar-refractivity contribution is -0.133. The molecule has 194 valence electrons. The molecule has 2 aromatic rings. The van der Waals surface area contributed by atoms with Gasteiger partial charge in [0.2, 0.25) is 11.9 Å². The molecule has 0 radical (unpaired) electrons. The van der Waals surface area contributed by atoms with E-state index in [9.17, 15) is 9.18 Å². The summed E-state index contributed by atoms with van der Waals surface area (Å²) in [5.74, 6) is 1.56. The number of hydrogen-bond acceptors (Lipinski definition) is 6. The van der Waals surface area contributed by atoms with Crippen LogP contribution in [0.2, 0.25) is 5.02 Å². The largest absolute Gasteiger partial charge is 0.493 e. The van der Waals surface area contributed by atoms with Gasteiger partial charge in [-0.15, -0.1) is 0 Å². The van der Waals surface area contributed by atoms with Crippen molar-refractivity contribution in [2.24, 2.45) is 11.3 Å². The predicted octanol–water partition coefficient (Wildman–Crippen LogP) is 4.10. The fraction of sp³-hybridized carbons (Fsp3) is 0.593. The van der Waals surface area contributed by atoms with Crippen molar-refractivity contribution in [3.63, 3.8) is 0 Å². The molecular weight excluding hydrogens is 481 g/mol. The third-order valence-electron chi connectivity index (χ3n) is 8.07. The van der Waals surface area contributed by atoms with E-state index in [1.54, 1.807) is 24.5 Å². The number of halogens is 2. The number of rotatable bonds is 8. The molecule has 1 spiro atoms. The van der Waals surface area contributed by atoms with Crippen molar-refractivity contribution >= 4 is 23.5 Å². The number of likely N-dealkylation sites (tertiary alicyclic amines) is 1. The summed E-state index contributed by atoms with van der Waals surface area (Å²) in [4.78, 5) is 25.4. The Bertz CT molecular complexity index is 1030. The first-order chi connectivity index (χ1) is 17.5. The third kappa shape index (κ3) is 6.09. The number of nitrogens with zero attached hydrogens (tertiary/aromatic N) is 4. The number of piperidine rings is 2. The van der Waals surface area contributed by atoms with Gasteiger partial charge in [0.1, 0.15) is 11.6 Å². The van der Waals surface area contributed by atoms with Crippen LogP contribution in [0.5, 0.6) is 5.75 Å². The Labute approximate surface area is 217 Å². The molecule has 0 saturated carbocycles. The number of hydrogen-bond donors (Lipinski definition) is 1. The van der Waals surface area contributed by atoms with Gasteiger partial charge in [0, 0.05) is 45.3 Å². The number of ether oxygens (including phenoxy) is 1. The molecular formula is C27H35ClFN5O2. The van der Waals surface area contributed by atoms with Crippen LogP contribution in [0.4, 0.5) is 10.3 Å². The van der Waals surface area contributed by atoms with E-state index < -0.39 is 0 Å². The zero-order chi connectivity index (χ0) is 25.0. The van der Waals surface area contributed by atoms with Crippen LogP contribution in [-0.4, -0.2) is 66.7 Å². The van der Waals surface area contributed by atoms with Gasteiger partial charge in [-0.2, -0.15) is 0 Å². The van der Waals surface area contributed by atoms with E-state index in [0.29, 0.717) is 34.3 Å². The summed E-state index contributed by atoms with van der Waals surface area (Å²) in [7, 11) is 0. The summed E-state index contributed by atoms with van der Waals surface area (Å²) < 4.78 is 20.5. The Morgan fingerprint density at radius 1 is 1.14 bits per heavy atom. The maximum Gasteiger partial charge on any atom is 0.227 e. The van der Waals surface area contributed by atoms with Crippen LogP contribution in [-0.2, 0) is 11.2 Å². The number of anilines is 1. The van der Waals surface area contributed by atoms with Gasteiger partial charge in [-0.05, 0) is 61.5 Å². The maximum atomic E-state index is 14.7. The van der Waals surface area contributed by atoms with Gasteiger partial charge in [-0.3, -0.25) is 4.79 Å². The van der Waals surface area contributed by atoms with Crippen LogP contribution in [0.1, 0.15) is 44.1 Å². The Hall–Kier alpha value is -2.45. The van der Waals surface area contributed by atoms with E-state index in [4.69, 9.17) is 16.3 Å². The number of aromatic nitrogens is 2. The molecule has 9 heteroatoms. The van der Waals surface area contributed by atoms with Crippen molar-refractivity contribution in [2.75, 3.05) is 50.8 Å². The SMILES string of the molecule is O=C(Cc1ccc(OCCCC2CCN(c3ncc(Cl)cn3)CC2)cc1F)N1CCC2(CC1)CNC2. The average Bonchev–Trinajstić information content (AvgIpc) is 2.88. The second kappa shape index (κ2) is 11.3. The molecule has 1 aromatic heterocycles. The Kier molecular flexibility index (Phi) is 7.91. The minimum Gasteiger partial charge on any atom is -0.493 e. The van der Waals surface area contributed by atoms with E-state index in [0.717, 1.165) is 83.7 Å². The van der Waals surface area contributed by atoms with Gasteiger partial charge >= 0.3 is 0 Å². The van der Waals surface area contributed by atoms with Gasteiger partial charge < -0.3 is 19.9 Å². The molecule has 1 aromatic carbocycles. The number of carbonyl (C=O) groups excluding carboxylic acids is 1. The molecule has 0 atom stereocenters. The van der Waals surface area contributed by atoms with Crippen LogP contribution in [0.25, 0.3) is 0 Å². The molecule has 3 aliphatic heterocycles. The minimum absolute atomic E-state index is 0.0124. The molecule has 0 unspecified atom stereocenters. The summed E-state index contributed by atoms with van der Waals surface area (Å²) in [5, 5.41) is 3.89. The number of nitrogens with one attached hydrogen (secondary N) is 1. The zero-order valence-electron chi connectivity index (χ0n) is 20.7. The highest BCUT2D eigenvalue weighted by Gasteiger charge is 2.40. The summed E-state index contributed by atoms with van der Waals surface area (Å²) >= 11 is 5.88. The van der Waals surface area contributed by atoms with Crippen molar-refractivity contribution in [1.82, 2.24) is 20.2 Å². The van der Waals surface area contributed by atoms with Gasteiger partial charge in [0.25, 0.3) is 0 Å². The van der Waals surface area contributed by atoms with Crippen LogP contribution >= 0.6 is 11.6 Å². The van der Waals surface area contributed by atoms with Gasteiger partial charge in [-0.25, -0.2) is 14.4 Å². The lowest BCUT2D eigenvalue weighted by Gasteiger charge is -2.48. The molecule has 0 aliphatic carbocycles. The second-order valence-electron chi connectivity index (χ2n) is 10.5. The first-order valence-corrected chi connectivity index (χ1v) is 13.5. The first-order valence-electron chi connectivity index (χ1n) is 13.1.